The predicted octanol–water partition coefficient (Wildman–Crippen LogP) is 2.79. The molecule has 0 radical (unpaired) electrons. The zero-order chi connectivity index (χ0) is 11.7. The van der Waals surface area contributed by atoms with Gasteiger partial charge in [-0.2, -0.15) is 23.5 Å². The molecule has 3 nitrogen and oxygen atoms in total. The van der Waals surface area contributed by atoms with Crippen LogP contribution in [0, 0.1) is 0 Å². The van der Waals surface area contributed by atoms with Gasteiger partial charge in [0.1, 0.15) is 11.6 Å². The Morgan fingerprint density at radius 1 is 1.18 bits per heavy atom. The minimum absolute atomic E-state index is 0.483. The Hall–Kier alpha value is -0.0700. The van der Waals surface area contributed by atoms with Gasteiger partial charge in [-0.3, -0.25) is 0 Å². The van der Waals surface area contributed by atoms with Crippen LogP contribution in [-0.2, 0) is 11.5 Å². The smallest absolute Gasteiger partial charge is 0.144 e. The third kappa shape index (κ3) is 2.39. The maximum Gasteiger partial charge on any atom is 0.144 e. The molecule has 1 aromatic rings. The molecule has 0 bridgehead atoms. The van der Waals surface area contributed by atoms with Crippen LogP contribution in [0.3, 0.4) is 0 Å². The van der Waals surface area contributed by atoms with E-state index in [0.717, 1.165) is 28.9 Å². The number of nitrogens with zero attached hydrogens (tertiary/aromatic N) is 2. The van der Waals surface area contributed by atoms with Gasteiger partial charge in [0.05, 0.1) is 10.9 Å². The van der Waals surface area contributed by atoms with Gasteiger partial charge >= 0.3 is 0 Å². The lowest BCUT2D eigenvalue weighted by atomic mass is 10.2. The van der Waals surface area contributed by atoms with Crippen molar-refractivity contribution in [3.05, 3.63) is 17.1 Å². The van der Waals surface area contributed by atoms with Crippen LogP contribution < -0.4 is 5.32 Å². The fraction of sp³-hybridized carbons (Fsp3) is 0.636. The van der Waals surface area contributed by atoms with E-state index in [2.05, 4.69) is 5.32 Å². The van der Waals surface area contributed by atoms with Crippen molar-refractivity contribution in [1.29, 1.82) is 0 Å². The van der Waals surface area contributed by atoms with Crippen LogP contribution in [0.25, 0.3) is 0 Å². The van der Waals surface area contributed by atoms with E-state index in [-0.39, 0.29) is 0 Å². The zero-order valence-corrected chi connectivity index (χ0v) is 12.2. The van der Waals surface area contributed by atoms with Gasteiger partial charge in [-0.05, 0) is 0 Å². The van der Waals surface area contributed by atoms with Crippen molar-refractivity contribution < 1.29 is 0 Å². The number of rotatable bonds is 2. The summed E-state index contributed by atoms with van der Waals surface area (Å²) in [5, 5.41) is 3.71. The second kappa shape index (κ2) is 5.28. The van der Waals surface area contributed by atoms with E-state index < -0.39 is 0 Å². The summed E-state index contributed by atoms with van der Waals surface area (Å²) in [4.78, 5) is 9.50. The normalized spacial score (nSPS) is 23.5. The van der Waals surface area contributed by atoms with Crippen molar-refractivity contribution in [2.24, 2.45) is 0 Å². The van der Waals surface area contributed by atoms with Crippen molar-refractivity contribution in [3.8, 4) is 0 Å². The van der Waals surface area contributed by atoms with Gasteiger partial charge in [0.25, 0.3) is 0 Å². The second-order valence-corrected chi connectivity index (χ2v) is 7.48. The number of hydrogen-bond donors (Lipinski definition) is 1. The summed E-state index contributed by atoms with van der Waals surface area (Å²) < 4.78 is 0. The molecule has 0 aliphatic carbocycles. The highest BCUT2D eigenvalue weighted by Gasteiger charge is 2.24. The summed E-state index contributed by atoms with van der Waals surface area (Å²) in [7, 11) is 1.96. The summed E-state index contributed by atoms with van der Waals surface area (Å²) in [6.45, 7) is 0. The Balaban J connectivity index is 1.94. The van der Waals surface area contributed by atoms with Crippen molar-refractivity contribution in [2.45, 2.75) is 16.8 Å². The van der Waals surface area contributed by atoms with Crippen LogP contribution in [0.5, 0.6) is 0 Å². The highest BCUT2D eigenvalue weighted by molar-refractivity contribution is 8.06. The maximum absolute atomic E-state index is 4.78. The lowest BCUT2D eigenvalue weighted by molar-refractivity contribution is 0.895. The fourth-order valence-electron chi connectivity index (χ4n) is 2.06. The average molecular weight is 285 g/mol. The van der Waals surface area contributed by atoms with Crippen molar-refractivity contribution in [3.63, 3.8) is 0 Å². The minimum Gasteiger partial charge on any atom is -0.373 e. The van der Waals surface area contributed by atoms with Gasteiger partial charge < -0.3 is 5.32 Å². The van der Waals surface area contributed by atoms with E-state index in [1.165, 1.54) is 22.8 Å². The van der Waals surface area contributed by atoms with Crippen molar-refractivity contribution in [1.82, 2.24) is 9.97 Å². The van der Waals surface area contributed by atoms with E-state index in [0.29, 0.717) is 5.25 Å². The Kier molecular flexibility index (Phi) is 3.72. The highest BCUT2D eigenvalue weighted by atomic mass is 32.2. The SMILES string of the molecule is CNc1nc(C2CSCCS2)nc2c1CSC2. The molecule has 92 valence electrons. The molecular formula is C11H15N3S3. The maximum atomic E-state index is 4.78. The topological polar surface area (TPSA) is 37.8 Å². The fourth-order valence-corrected chi connectivity index (χ4v) is 5.70. The zero-order valence-electron chi connectivity index (χ0n) is 9.73. The van der Waals surface area contributed by atoms with Crippen LogP contribution in [0.4, 0.5) is 5.82 Å². The van der Waals surface area contributed by atoms with Crippen LogP contribution >= 0.6 is 35.3 Å². The van der Waals surface area contributed by atoms with Gasteiger partial charge in [0.15, 0.2) is 0 Å². The monoisotopic (exact) mass is 285 g/mol. The van der Waals surface area contributed by atoms with E-state index in [1.807, 2.05) is 42.3 Å². The van der Waals surface area contributed by atoms with E-state index in [4.69, 9.17) is 9.97 Å². The molecule has 1 saturated heterocycles. The molecule has 17 heavy (non-hydrogen) atoms. The Labute approximate surface area is 114 Å². The Morgan fingerprint density at radius 3 is 2.88 bits per heavy atom. The summed E-state index contributed by atoms with van der Waals surface area (Å²) in [5.74, 6) is 7.82. The number of aromatic nitrogens is 2. The van der Waals surface area contributed by atoms with Gasteiger partial charge in [-0.15, -0.1) is 11.8 Å². The second-order valence-electron chi connectivity index (χ2n) is 4.03. The van der Waals surface area contributed by atoms with Crippen LogP contribution in [0.15, 0.2) is 0 Å². The molecule has 0 saturated carbocycles. The number of fused-ring (bicyclic) bond motifs is 1. The van der Waals surface area contributed by atoms with E-state index in [1.54, 1.807) is 0 Å². The van der Waals surface area contributed by atoms with E-state index >= 15 is 0 Å². The van der Waals surface area contributed by atoms with Crippen molar-refractivity contribution >= 4 is 41.1 Å². The van der Waals surface area contributed by atoms with Gasteiger partial charge in [-0.1, -0.05) is 0 Å². The van der Waals surface area contributed by atoms with Crippen LogP contribution in [-0.4, -0.2) is 34.3 Å². The molecule has 0 spiro atoms. The minimum atomic E-state index is 0.483. The molecule has 2 aliphatic rings. The number of anilines is 1. The Bertz CT molecular complexity index is 419. The van der Waals surface area contributed by atoms with Crippen LogP contribution in [0.2, 0.25) is 0 Å². The number of thioether (sulfide) groups is 3. The third-order valence-electron chi connectivity index (χ3n) is 2.94. The molecule has 0 amide bonds. The first-order valence-corrected chi connectivity index (χ1v) is 9.09. The van der Waals surface area contributed by atoms with Gasteiger partial charge in [0.2, 0.25) is 0 Å². The van der Waals surface area contributed by atoms with Gasteiger partial charge in [0, 0.05) is 41.4 Å². The molecule has 1 aromatic heterocycles. The standard InChI is InChI=1S/C11H15N3S3/c1-12-10-7-4-16-5-8(7)13-11(14-10)9-6-15-2-3-17-9/h9H,2-6H2,1H3,(H,12,13,14). The summed E-state index contributed by atoms with van der Waals surface area (Å²) in [6, 6.07) is 0. The first-order valence-electron chi connectivity index (χ1n) is 5.73. The lowest BCUT2D eigenvalue weighted by Crippen LogP contribution is -2.13. The van der Waals surface area contributed by atoms with E-state index in [9.17, 15) is 0 Å². The molecule has 1 N–H and O–H groups in total. The average Bonchev–Trinajstić information content (AvgIpc) is 2.86. The number of hydrogen-bond acceptors (Lipinski definition) is 6. The highest BCUT2D eigenvalue weighted by Crippen LogP contribution is 2.38. The van der Waals surface area contributed by atoms with Gasteiger partial charge in [-0.25, -0.2) is 9.97 Å². The van der Waals surface area contributed by atoms with Crippen molar-refractivity contribution in [2.75, 3.05) is 29.6 Å². The summed E-state index contributed by atoms with van der Waals surface area (Å²) >= 11 is 5.95. The molecule has 6 heteroatoms. The molecule has 3 rings (SSSR count). The largest absolute Gasteiger partial charge is 0.373 e. The first kappa shape index (κ1) is 12.0. The number of nitrogens with one attached hydrogen (secondary N) is 1. The third-order valence-corrected chi connectivity index (χ3v) is 6.66. The quantitative estimate of drug-likeness (QED) is 0.900. The molecule has 0 aromatic carbocycles. The molecule has 2 aliphatic heterocycles. The molecular weight excluding hydrogens is 270 g/mol. The summed E-state index contributed by atoms with van der Waals surface area (Å²) in [5.41, 5.74) is 2.57. The summed E-state index contributed by atoms with van der Waals surface area (Å²) in [6.07, 6.45) is 0. The lowest BCUT2D eigenvalue weighted by Gasteiger charge is -2.20. The first-order chi connectivity index (χ1) is 8.38. The molecule has 3 heterocycles. The molecule has 1 atom stereocenters. The molecule has 1 unspecified atom stereocenters. The Morgan fingerprint density at radius 2 is 2.12 bits per heavy atom. The predicted molar refractivity (Wildman–Crippen MR) is 79.1 cm³/mol. The van der Waals surface area contributed by atoms with Crippen LogP contribution in [0.1, 0.15) is 22.3 Å². The molecule has 1 fully saturated rings.